The molecule has 0 radical (unpaired) electrons. The summed E-state index contributed by atoms with van der Waals surface area (Å²) in [4.78, 5) is 0. The van der Waals surface area contributed by atoms with Gasteiger partial charge in [-0.2, -0.15) is 0 Å². The fourth-order valence-electron chi connectivity index (χ4n) is 1.44. The number of furan rings is 1. The van der Waals surface area contributed by atoms with Crippen LogP contribution in [0, 0.1) is 5.82 Å². The van der Waals surface area contributed by atoms with Crippen LogP contribution < -0.4 is 5.73 Å². The van der Waals surface area contributed by atoms with Crippen LogP contribution in [-0.4, -0.2) is 6.54 Å². The van der Waals surface area contributed by atoms with Crippen molar-refractivity contribution in [3.8, 4) is 0 Å². The van der Waals surface area contributed by atoms with Crippen LogP contribution in [0.2, 0.25) is 0 Å². The fraction of sp³-hybridized carbons (Fsp3) is 0.200. The lowest BCUT2D eigenvalue weighted by Crippen LogP contribution is -2.04. The summed E-state index contributed by atoms with van der Waals surface area (Å²) < 4.78 is 18.5. The van der Waals surface area contributed by atoms with E-state index in [1.807, 2.05) is 6.07 Å². The zero-order chi connectivity index (χ0) is 9.26. The van der Waals surface area contributed by atoms with E-state index in [4.69, 9.17) is 10.2 Å². The van der Waals surface area contributed by atoms with Crippen molar-refractivity contribution in [3.63, 3.8) is 0 Å². The van der Waals surface area contributed by atoms with Crippen molar-refractivity contribution >= 4 is 11.0 Å². The van der Waals surface area contributed by atoms with Gasteiger partial charge in [-0.15, -0.1) is 0 Å². The summed E-state index contributed by atoms with van der Waals surface area (Å²) in [5.74, 6) is -0.243. The number of fused-ring (bicyclic) bond motifs is 1. The third-order valence-electron chi connectivity index (χ3n) is 2.06. The van der Waals surface area contributed by atoms with Crippen LogP contribution in [0.15, 0.2) is 28.9 Å². The lowest BCUT2D eigenvalue weighted by atomic mass is 10.1. The van der Waals surface area contributed by atoms with Crippen LogP contribution >= 0.6 is 0 Å². The molecule has 2 nitrogen and oxygen atoms in total. The van der Waals surface area contributed by atoms with Gasteiger partial charge in [-0.25, -0.2) is 4.39 Å². The van der Waals surface area contributed by atoms with E-state index >= 15 is 0 Å². The summed E-state index contributed by atoms with van der Waals surface area (Å²) in [5, 5.41) is 0.921. The molecule has 0 saturated carbocycles. The van der Waals surface area contributed by atoms with Crippen molar-refractivity contribution in [2.24, 2.45) is 5.73 Å². The predicted molar refractivity (Wildman–Crippen MR) is 48.9 cm³/mol. The molecule has 0 saturated heterocycles. The molecule has 0 unspecified atom stereocenters. The van der Waals surface area contributed by atoms with Crippen LogP contribution in [0.4, 0.5) is 4.39 Å². The molecule has 2 rings (SSSR count). The molecule has 0 fully saturated rings. The molecule has 0 aliphatic heterocycles. The first kappa shape index (κ1) is 8.26. The maximum Gasteiger partial charge on any atom is 0.140 e. The topological polar surface area (TPSA) is 39.2 Å². The van der Waals surface area contributed by atoms with Gasteiger partial charge in [0, 0.05) is 10.9 Å². The Kier molecular flexibility index (Phi) is 2.02. The second-order valence-electron chi connectivity index (χ2n) is 2.90. The molecule has 0 aliphatic carbocycles. The minimum absolute atomic E-state index is 0.243. The van der Waals surface area contributed by atoms with E-state index in [0.717, 1.165) is 5.39 Å². The van der Waals surface area contributed by atoms with Crippen molar-refractivity contribution in [2.75, 3.05) is 6.54 Å². The summed E-state index contributed by atoms with van der Waals surface area (Å²) in [6.45, 7) is 0.427. The Hall–Kier alpha value is -1.35. The fourth-order valence-corrected chi connectivity index (χ4v) is 1.44. The van der Waals surface area contributed by atoms with E-state index in [0.29, 0.717) is 24.1 Å². The van der Waals surface area contributed by atoms with Crippen molar-refractivity contribution < 1.29 is 8.81 Å². The van der Waals surface area contributed by atoms with Crippen molar-refractivity contribution in [3.05, 3.63) is 35.8 Å². The normalized spacial score (nSPS) is 10.9. The minimum atomic E-state index is -0.243. The summed E-state index contributed by atoms with van der Waals surface area (Å²) in [7, 11) is 0. The lowest BCUT2D eigenvalue weighted by molar-refractivity contribution is 0.582. The third-order valence-corrected chi connectivity index (χ3v) is 2.06. The van der Waals surface area contributed by atoms with Crippen LogP contribution in [0.25, 0.3) is 11.0 Å². The van der Waals surface area contributed by atoms with Gasteiger partial charge in [-0.1, -0.05) is 0 Å². The standard InChI is InChI=1S/C10H10FNO/c11-9-2-1-7-4-6-13-10(7)8(9)3-5-12/h1-2,4,6H,3,5,12H2. The third kappa shape index (κ3) is 1.31. The highest BCUT2D eigenvalue weighted by Gasteiger charge is 2.08. The molecule has 0 bridgehead atoms. The zero-order valence-corrected chi connectivity index (χ0v) is 7.09. The Labute approximate surface area is 75.1 Å². The molecule has 2 N–H and O–H groups in total. The van der Waals surface area contributed by atoms with Crippen LogP contribution in [0.5, 0.6) is 0 Å². The minimum Gasteiger partial charge on any atom is -0.464 e. The Balaban J connectivity index is 2.66. The summed E-state index contributed by atoms with van der Waals surface area (Å²) in [6.07, 6.45) is 2.07. The molecule has 1 aromatic heterocycles. The lowest BCUT2D eigenvalue weighted by Gasteiger charge is -2.01. The van der Waals surface area contributed by atoms with E-state index in [9.17, 15) is 4.39 Å². The average Bonchev–Trinajstić information content (AvgIpc) is 2.58. The van der Waals surface area contributed by atoms with Crippen molar-refractivity contribution in [1.29, 1.82) is 0 Å². The number of halogens is 1. The van der Waals surface area contributed by atoms with E-state index in [2.05, 4.69) is 0 Å². The zero-order valence-electron chi connectivity index (χ0n) is 7.09. The molecule has 1 aromatic carbocycles. The summed E-state index contributed by atoms with van der Waals surface area (Å²) in [6, 6.07) is 4.96. The molecule has 0 amide bonds. The first-order valence-electron chi connectivity index (χ1n) is 4.17. The van der Waals surface area contributed by atoms with Gasteiger partial charge in [0.2, 0.25) is 0 Å². The van der Waals surface area contributed by atoms with Crippen LogP contribution in [-0.2, 0) is 6.42 Å². The molecule has 68 valence electrons. The van der Waals surface area contributed by atoms with Gasteiger partial charge in [0.05, 0.1) is 6.26 Å². The maximum absolute atomic E-state index is 13.3. The van der Waals surface area contributed by atoms with Gasteiger partial charge in [0.1, 0.15) is 11.4 Å². The van der Waals surface area contributed by atoms with Crippen LogP contribution in [0.1, 0.15) is 5.56 Å². The molecular formula is C10H10FNO. The number of hydrogen-bond acceptors (Lipinski definition) is 2. The second-order valence-corrected chi connectivity index (χ2v) is 2.90. The maximum atomic E-state index is 13.3. The molecule has 0 spiro atoms. The Morgan fingerprint density at radius 1 is 1.31 bits per heavy atom. The summed E-state index contributed by atoms with van der Waals surface area (Å²) >= 11 is 0. The SMILES string of the molecule is NCCc1c(F)ccc2ccoc12. The van der Waals surface area contributed by atoms with Crippen molar-refractivity contribution in [2.45, 2.75) is 6.42 Å². The number of nitrogens with two attached hydrogens (primary N) is 1. The van der Waals surface area contributed by atoms with Gasteiger partial charge in [-0.3, -0.25) is 0 Å². The van der Waals surface area contributed by atoms with E-state index in [-0.39, 0.29) is 5.82 Å². The van der Waals surface area contributed by atoms with E-state index in [1.165, 1.54) is 6.07 Å². The first-order chi connectivity index (χ1) is 6.33. The number of hydrogen-bond donors (Lipinski definition) is 1. The molecule has 3 heteroatoms. The van der Waals surface area contributed by atoms with Gasteiger partial charge in [0.15, 0.2) is 0 Å². The molecular weight excluding hydrogens is 169 g/mol. The largest absolute Gasteiger partial charge is 0.464 e. The van der Waals surface area contributed by atoms with Gasteiger partial charge in [-0.05, 0) is 31.2 Å². The highest BCUT2D eigenvalue weighted by atomic mass is 19.1. The molecule has 0 aliphatic rings. The Bertz CT molecular complexity index is 422. The Morgan fingerprint density at radius 2 is 2.15 bits per heavy atom. The molecule has 1 heterocycles. The molecule has 2 aromatic rings. The van der Waals surface area contributed by atoms with Gasteiger partial charge in [0.25, 0.3) is 0 Å². The smallest absolute Gasteiger partial charge is 0.140 e. The molecule has 0 atom stereocenters. The number of benzene rings is 1. The highest BCUT2D eigenvalue weighted by Crippen LogP contribution is 2.22. The van der Waals surface area contributed by atoms with E-state index in [1.54, 1.807) is 12.3 Å². The predicted octanol–water partition coefficient (Wildman–Crippen LogP) is 2.07. The van der Waals surface area contributed by atoms with Crippen LogP contribution in [0.3, 0.4) is 0 Å². The van der Waals surface area contributed by atoms with Gasteiger partial charge < -0.3 is 10.2 Å². The second kappa shape index (κ2) is 3.18. The van der Waals surface area contributed by atoms with E-state index < -0.39 is 0 Å². The monoisotopic (exact) mass is 179 g/mol. The molecule has 13 heavy (non-hydrogen) atoms. The average molecular weight is 179 g/mol. The number of rotatable bonds is 2. The Morgan fingerprint density at radius 3 is 2.92 bits per heavy atom. The first-order valence-corrected chi connectivity index (χ1v) is 4.17. The quantitative estimate of drug-likeness (QED) is 0.766. The van der Waals surface area contributed by atoms with Crippen molar-refractivity contribution in [1.82, 2.24) is 0 Å². The summed E-state index contributed by atoms with van der Waals surface area (Å²) in [5.41, 5.74) is 6.57. The van der Waals surface area contributed by atoms with Gasteiger partial charge >= 0.3 is 0 Å². The highest BCUT2D eigenvalue weighted by molar-refractivity contribution is 5.80.